The van der Waals surface area contributed by atoms with Crippen LogP contribution in [0.15, 0.2) is 48.5 Å². The van der Waals surface area contributed by atoms with Crippen LogP contribution in [-0.2, 0) is 4.79 Å². The van der Waals surface area contributed by atoms with Crippen molar-refractivity contribution in [1.29, 1.82) is 0 Å². The maximum atomic E-state index is 12.9. The first kappa shape index (κ1) is 17.1. The molecule has 1 saturated heterocycles. The topological polar surface area (TPSA) is 46.6 Å². The molecule has 0 saturated carbocycles. The average Bonchev–Trinajstić information content (AvgIpc) is 2.67. The second kappa shape index (κ2) is 7.92. The number of ether oxygens (including phenoxy) is 1. The number of amides is 1. The molecule has 130 valence electrons. The summed E-state index contributed by atoms with van der Waals surface area (Å²) < 4.78 is 18.5. The summed E-state index contributed by atoms with van der Waals surface area (Å²) >= 11 is 0. The Labute approximate surface area is 146 Å². The summed E-state index contributed by atoms with van der Waals surface area (Å²) in [5.41, 5.74) is 0.914. The van der Waals surface area contributed by atoms with Crippen molar-refractivity contribution in [3.63, 3.8) is 0 Å². The third-order valence-corrected chi connectivity index (χ3v) is 4.29. The van der Waals surface area contributed by atoms with E-state index in [1.54, 1.807) is 24.3 Å². The number of rotatable bonds is 5. The van der Waals surface area contributed by atoms with E-state index in [9.17, 15) is 14.0 Å². The molecule has 1 heterocycles. The van der Waals surface area contributed by atoms with E-state index in [0.717, 1.165) is 25.9 Å². The van der Waals surface area contributed by atoms with Gasteiger partial charge in [-0.05, 0) is 67.8 Å². The normalized spacial score (nSPS) is 14.2. The van der Waals surface area contributed by atoms with Crippen molar-refractivity contribution in [2.45, 2.75) is 19.3 Å². The van der Waals surface area contributed by atoms with Crippen LogP contribution in [-0.4, -0.2) is 36.3 Å². The molecule has 1 amide bonds. The highest BCUT2D eigenvalue weighted by Crippen LogP contribution is 2.16. The van der Waals surface area contributed by atoms with Crippen LogP contribution in [0.3, 0.4) is 0 Å². The Morgan fingerprint density at radius 3 is 2.04 bits per heavy atom. The van der Waals surface area contributed by atoms with Crippen LogP contribution in [0.25, 0.3) is 0 Å². The standard InChI is InChI=1S/C20H20FNO3/c21-17-8-4-15(5-9-17)20(24)16-6-10-18(11-7-16)25-14-19(23)22-12-2-1-3-13-22/h4-11H,1-3,12-14H2. The van der Waals surface area contributed by atoms with E-state index < -0.39 is 0 Å². The zero-order valence-corrected chi connectivity index (χ0v) is 13.9. The van der Waals surface area contributed by atoms with E-state index in [4.69, 9.17) is 4.74 Å². The van der Waals surface area contributed by atoms with Gasteiger partial charge >= 0.3 is 0 Å². The van der Waals surface area contributed by atoms with Gasteiger partial charge in [0.2, 0.25) is 0 Å². The lowest BCUT2D eigenvalue weighted by molar-refractivity contribution is -0.134. The van der Waals surface area contributed by atoms with Crippen LogP contribution in [0.1, 0.15) is 35.2 Å². The maximum Gasteiger partial charge on any atom is 0.260 e. The lowest BCUT2D eigenvalue weighted by Crippen LogP contribution is -2.38. The molecule has 0 unspecified atom stereocenters. The van der Waals surface area contributed by atoms with Gasteiger partial charge in [-0.15, -0.1) is 0 Å². The summed E-state index contributed by atoms with van der Waals surface area (Å²) in [6.07, 6.45) is 3.27. The Kier molecular flexibility index (Phi) is 5.43. The van der Waals surface area contributed by atoms with E-state index in [-0.39, 0.29) is 24.1 Å². The van der Waals surface area contributed by atoms with Gasteiger partial charge in [-0.2, -0.15) is 0 Å². The van der Waals surface area contributed by atoms with E-state index in [2.05, 4.69) is 0 Å². The van der Waals surface area contributed by atoms with Crippen molar-refractivity contribution in [3.8, 4) is 5.75 Å². The van der Waals surface area contributed by atoms with Crippen molar-refractivity contribution in [3.05, 3.63) is 65.5 Å². The van der Waals surface area contributed by atoms with Crippen molar-refractivity contribution >= 4 is 11.7 Å². The molecule has 5 heteroatoms. The largest absolute Gasteiger partial charge is 0.484 e. The molecule has 1 aliphatic rings. The SMILES string of the molecule is O=C(c1ccc(F)cc1)c1ccc(OCC(=O)N2CCCCC2)cc1. The zero-order chi connectivity index (χ0) is 17.6. The number of ketones is 1. The molecule has 0 bridgehead atoms. The first-order chi connectivity index (χ1) is 12.1. The summed E-state index contributed by atoms with van der Waals surface area (Å²) in [5.74, 6) is -0.0261. The van der Waals surface area contributed by atoms with Crippen molar-refractivity contribution in [1.82, 2.24) is 4.90 Å². The maximum absolute atomic E-state index is 12.9. The number of benzene rings is 2. The smallest absolute Gasteiger partial charge is 0.260 e. The van der Waals surface area contributed by atoms with Gasteiger partial charge in [0.25, 0.3) is 5.91 Å². The molecule has 0 N–H and O–H groups in total. The quantitative estimate of drug-likeness (QED) is 0.783. The number of carbonyl (C=O) groups is 2. The van der Waals surface area contributed by atoms with Gasteiger partial charge in [-0.3, -0.25) is 9.59 Å². The summed E-state index contributed by atoms with van der Waals surface area (Å²) in [4.78, 5) is 26.2. The van der Waals surface area contributed by atoms with Gasteiger partial charge in [-0.1, -0.05) is 0 Å². The third kappa shape index (κ3) is 4.44. The molecular formula is C20H20FNO3. The van der Waals surface area contributed by atoms with Gasteiger partial charge < -0.3 is 9.64 Å². The third-order valence-electron chi connectivity index (χ3n) is 4.29. The number of nitrogens with zero attached hydrogens (tertiary/aromatic N) is 1. The van der Waals surface area contributed by atoms with Crippen LogP contribution in [0.5, 0.6) is 5.75 Å². The van der Waals surface area contributed by atoms with Gasteiger partial charge in [0.05, 0.1) is 0 Å². The Balaban J connectivity index is 1.57. The molecule has 3 rings (SSSR count). The molecule has 1 aliphatic heterocycles. The number of piperidine rings is 1. The van der Waals surface area contributed by atoms with Crippen molar-refractivity contribution in [2.24, 2.45) is 0 Å². The zero-order valence-electron chi connectivity index (χ0n) is 13.9. The van der Waals surface area contributed by atoms with E-state index >= 15 is 0 Å². The van der Waals surface area contributed by atoms with E-state index in [1.807, 2.05) is 4.90 Å². The Morgan fingerprint density at radius 2 is 1.44 bits per heavy atom. The second-order valence-corrected chi connectivity index (χ2v) is 6.09. The first-order valence-electron chi connectivity index (χ1n) is 8.44. The number of carbonyl (C=O) groups excluding carboxylic acids is 2. The van der Waals surface area contributed by atoms with E-state index in [1.165, 1.54) is 30.7 Å². The van der Waals surface area contributed by atoms with Gasteiger partial charge in [-0.25, -0.2) is 4.39 Å². The monoisotopic (exact) mass is 341 g/mol. The Hall–Kier alpha value is -2.69. The van der Waals surface area contributed by atoms with Crippen LogP contribution < -0.4 is 4.74 Å². The molecule has 1 fully saturated rings. The molecule has 0 aliphatic carbocycles. The lowest BCUT2D eigenvalue weighted by Gasteiger charge is -2.26. The number of halogens is 1. The first-order valence-corrected chi connectivity index (χ1v) is 8.44. The fourth-order valence-electron chi connectivity index (χ4n) is 2.85. The molecule has 0 radical (unpaired) electrons. The molecule has 25 heavy (non-hydrogen) atoms. The van der Waals surface area contributed by atoms with Crippen LogP contribution in [0.4, 0.5) is 4.39 Å². The predicted octanol–water partition coefficient (Wildman–Crippen LogP) is 3.45. The fourth-order valence-corrected chi connectivity index (χ4v) is 2.85. The molecule has 0 spiro atoms. The fraction of sp³-hybridized carbons (Fsp3) is 0.300. The molecule has 2 aromatic rings. The number of hydrogen-bond acceptors (Lipinski definition) is 3. The summed E-state index contributed by atoms with van der Waals surface area (Å²) in [5, 5.41) is 0. The summed E-state index contributed by atoms with van der Waals surface area (Å²) in [6.45, 7) is 1.60. The Morgan fingerprint density at radius 1 is 0.880 bits per heavy atom. The molecule has 2 aromatic carbocycles. The highest BCUT2D eigenvalue weighted by molar-refractivity contribution is 6.09. The van der Waals surface area contributed by atoms with Crippen molar-refractivity contribution in [2.75, 3.05) is 19.7 Å². The van der Waals surface area contributed by atoms with Gasteiger partial charge in [0, 0.05) is 24.2 Å². The lowest BCUT2D eigenvalue weighted by atomic mass is 10.0. The van der Waals surface area contributed by atoms with Gasteiger partial charge in [0.1, 0.15) is 11.6 Å². The summed E-state index contributed by atoms with van der Waals surface area (Å²) in [7, 11) is 0. The van der Waals surface area contributed by atoms with Crippen LogP contribution in [0.2, 0.25) is 0 Å². The molecule has 4 nitrogen and oxygen atoms in total. The molecule has 0 aromatic heterocycles. The minimum Gasteiger partial charge on any atom is -0.484 e. The highest BCUT2D eigenvalue weighted by atomic mass is 19.1. The van der Waals surface area contributed by atoms with Crippen molar-refractivity contribution < 1.29 is 18.7 Å². The number of likely N-dealkylation sites (tertiary alicyclic amines) is 1. The molecule has 0 atom stereocenters. The minimum absolute atomic E-state index is 0.00521. The van der Waals surface area contributed by atoms with E-state index in [0.29, 0.717) is 16.9 Å². The highest BCUT2D eigenvalue weighted by Gasteiger charge is 2.17. The number of hydrogen-bond donors (Lipinski definition) is 0. The van der Waals surface area contributed by atoms with Crippen LogP contribution >= 0.6 is 0 Å². The predicted molar refractivity (Wildman–Crippen MR) is 92.2 cm³/mol. The van der Waals surface area contributed by atoms with Crippen LogP contribution in [0, 0.1) is 5.82 Å². The second-order valence-electron chi connectivity index (χ2n) is 6.09. The van der Waals surface area contributed by atoms with Gasteiger partial charge in [0.15, 0.2) is 12.4 Å². The summed E-state index contributed by atoms with van der Waals surface area (Å²) in [6, 6.07) is 12.1. The minimum atomic E-state index is -0.376. The molecular weight excluding hydrogens is 321 g/mol. The average molecular weight is 341 g/mol. The Bertz CT molecular complexity index is 735.